The molecule has 2 aromatic rings. The molecule has 0 spiro atoms. The van der Waals surface area contributed by atoms with E-state index in [0.717, 1.165) is 6.42 Å². The average Bonchev–Trinajstić information content (AvgIpc) is 2.69. The highest BCUT2D eigenvalue weighted by atomic mass is 16.5. The topological polar surface area (TPSA) is 109 Å². The SMILES string of the molecule is CCCC(=O)Nc1ccc(C(=O)N/N=C/c2cc(OC)c(O)c(OC)c2)cc1. The molecule has 0 aliphatic carbocycles. The lowest BCUT2D eigenvalue weighted by molar-refractivity contribution is -0.116. The summed E-state index contributed by atoms with van der Waals surface area (Å²) < 4.78 is 10.1. The number of nitrogens with one attached hydrogen (secondary N) is 2. The predicted octanol–water partition coefficient (Wildman–Crippen LogP) is 2.91. The standard InChI is InChI=1S/C20H23N3O5/c1-4-5-18(24)22-15-8-6-14(7-9-15)20(26)23-21-12-13-10-16(27-2)19(25)17(11-13)28-3/h6-12,25H,4-5H2,1-3H3,(H,22,24)(H,23,26)/b21-12+. The number of carbonyl (C=O) groups excluding carboxylic acids is 2. The van der Waals surface area contributed by atoms with Crippen LogP contribution in [0.15, 0.2) is 41.5 Å². The molecule has 0 saturated carbocycles. The Hall–Kier alpha value is -3.55. The quantitative estimate of drug-likeness (QED) is 0.478. The Bertz CT molecular complexity index is 838. The Morgan fingerprint density at radius 2 is 1.71 bits per heavy atom. The number of rotatable bonds is 8. The van der Waals surface area contributed by atoms with Crippen molar-refractivity contribution in [3.8, 4) is 17.2 Å². The third-order valence-electron chi connectivity index (χ3n) is 3.79. The summed E-state index contributed by atoms with van der Waals surface area (Å²) in [5.41, 5.74) is 4.01. The van der Waals surface area contributed by atoms with Gasteiger partial charge in [0.05, 0.1) is 20.4 Å². The molecule has 3 N–H and O–H groups in total. The summed E-state index contributed by atoms with van der Waals surface area (Å²) in [6.07, 6.45) is 2.62. The molecular formula is C20H23N3O5. The maximum absolute atomic E-state index is 12.2. The average molecular weight is 385 g/mol. The fraction of sp³-hybridized carbons (Fsp3) is 0.250. The van der Waals surface area contributed by atoms with Crippen LogP contribution in [0.25, 0.3) is 0 Å². The van der Waals surface area contributed by atoms with E-state index in [1.165, 1.54) is 20.4 Å². The largest absolute Gasteiger partial charge is 0.502 e. The van der Waals surface area contributed by atoms with Crippen molar-refractivity contribution in [2.45, 2.75) is 19.8 Å². The highest BCUT2D eigenvalue weighted by molar-refractivity contribution is 5.96. The second-order valence-electron chi connectivity index (χ2n) is 5.85. The first-order chi connectivity index (χ1) is 13.5. The van der Waals surface area contributed by atoms with Crippen molar-refractivity contribution in [2.75, 3.05) is 19.5 Å². The van der Waals surface area contributed by atoms with Crippen LogP contribution in [0.1, 0.15) is 35.7 Å². The molecule has 2 aromatic carbocycles. The van der Waals surface area contributed by atoms with Gasteiger partial charge in [0.25, 0.3) is 5.91 Å². The Labute approximate surface area is 163 Å². The van der Waals surface area contributed by atoms with Gasteiger partial charge in [-0.2, -0.15) is 5.10 Å². The zero-order chi connectivity index (χ0) is 20.5. The molecule has 0 bridgehead atoms. The fourth-order valence-corrected chi connectivity index (χ4v) is 2.37. The van der Waals surface area contributed by atoms with Crippen molar-refractivity contribution >= 4 is 23.7 Å². The van der Waals surface area contributed by atoms with Crippen LogP contribution in [0, 0.1) is 0 Å². The first kappa shape index (κ1) is 20.8. The van der Waals surface area contributed by atoms with Gasteiger partial charge >= 0.3 is 0 Å². The van der Waals surface area contributed by atoms with Crippen molar-refractivity contribution in [2.24, 2.45) is 5.10 Å². The molecule has 0 aromatic heterocycles. The molecular weight excluding hydrogens is 362 g/mol. The third kappa shape index (κ3) is 5.47. The number of hydrazone groups is 1. The maximum Gasteiger partial charge on any atom is 0.271 e. The minimum atomic E-state index is -0.402. The number of anilines is 1. The Kier molecular flexibility index (Phi) is 7.38. The van der Waals surface area contributed by atoms with Crippen LogP contribution in [-0.2, 0) is 4.79 Å². The first-order valence-electron chi connectivity index (χ1n) is 8.66. The molecule has 0 aliphatic heterocycles. The monoisotopic (exact) mass is 385 g/mol. The smallest absolute Gasteiger partial charge is 0.271 e. The maximum atomic E-state index is 12.2. The van der Waals surface area contributed by atoms with E-state index in [2.05, 4.69) is 15.8 Å². The number of hydrogen-bond donors (Lipinski definition) is 3. The minimum absolute atomic E-state index is 0.0657. The van der Waals surface area contributed by atoms with E-state index >= 15 is 0 Å². The molecule has 8 nitrogen and oxygen atoms in total. The number of phenols is 1. The van der Waals surface area contributed by atoms with Gasteiger partial charge in [-0.05, 0) is 42.8 Å². The minimum Gasteiger partial charge on any atom is -0.502 e. The van der Waals surface area contributed by atoms with E-state index in [1.807, 2.05) is 6.92 Å². The normalized spacial score (nSPS) is 10.5. The number of phenolic OH excluding ortho intramolecular Hbond substituents is 1. The number of hydrogen-bond acceptors (Lipinski definition) is 6. The van der Waals surface area contributed by atoms with Crippen molar-refractivity contribution in [3.63, 3.8) is 0 Å². The Balaban J connectivity index is 2.01. The third-order valence-corrected chi connectivity index (χ3v) is 3.79. The van der Waals surface area contributed by atoms with Crippen LogP contribution in [0.5, 0.6) is 17.2 Å². The van der Waals surface area contributed by atoms with Crippen LogP contribution >= 0.6 is 0 Å². The van der Waals surface area contributed by atoms with Crippen molar-refractivity contribution in [1.82, 2.24) is 5.43 Å². The molecule has 0 saturated heterocycles. The lowest BCUT2D eigenvalue weighted by atomic mass is 10.2. The first-order valence-corrected chi connectivity index (χ1v) is 8.66. The van der Waals surface area contributed by atoms with Gasteiger partial charge in [0.1, 0.15) is 0 Å². The van der Waals surface area contributed by atoms with Gasteiger partial charge in [0.2, 0.25) is 11.7 Å². The van der Waals surface area contributed by atoms with Gasteiger partial charge in [-0.15, -0.1) is 0 Å². The van der Waals surface area contributed by atoms with Crippen LogP contribution in [0.4, 0.5) is 5.69 Å². The summed E-state index contributed by atoms with van der Waals surface area (Å²) in [5.74, 6) is -0.123. The second kappa shape index (κ2) is 9.96. The zero-order valence-corrected chi connectivity index (χ0v) is 16.0. The number of ether oxygens (including phenoxy) is 2. The molecule has 0 atom stereocenters. The summed E-state index contributed by atoms with van der Waals surface area (Å²) >= 11 is 0. The van der Waals surface area contributed by atoms with Crippen molar-refractivity contribution in [1.29, 1.82) is 0 Å². The second-order valence-corrected chi connectivity index (χ2v) is 5.85. The lowest BCUT2D eigenvalue weighted by Gasteiger charge is -2.09. The Morgan fingerprint density at radius 3 is 2.25 bits per heavy atom. The van der Waals surface area contributed by atoms with Crippen molar-refractivity contribution in [3.05, 3.63) is 47.5 Å². The molecule has 8 heteroatoms. The van der Waals surface area contributed by atoms with E-state index in [9.17, 15) is 14.7 Å². The molecule has 2 rings (SSSR count). The van der Waals surface area contributed by atoms with Gasteiger partial charge in [0, 0.05) is 23.2 Å². The van der Waals surface area contributed by atoms with E-state index in [4.69, 9.17) is 9.47 Å². The number of methoxy groups -OCH3 is 2. The van der Waals surface area contributed by atoms with Gasteiger partial charge in [-0.3, -0.25) is 9.59 Å². The Morgan fingerprint density at radius 1 is 1.11 bits per heavy atom. The van der Waals surface area contributed by atoms with E-state index in [1.54, 1.807) is 36.4 Å². The number of nitrogens with zero attached hydrogens (tertiary/aromatic N) is 1. The van der Waals surface area contributed by atoms with E-state index < -0.39 is 5.91 Å². The lowest BCUT2D eigenvalue weighted by Crippen LogP contribution is -2.17. The van der Waals surface area contributed by atoms with Crippen LogP contribution in [-0.4, -0.2) is 37.4 Å². The summed E-state index contributed by atoms with van der Waals surface area (Å²) in [5, 5.41) is 16.6. The van der Waals surface area contributed by atoms with Gasteiger partial charge < -0.3 is 19.9 Å². The summed E-state index contributed by atoms with van der Waals surface area (Å²) in [6.45, 7) is 1.93. The van der Waals surface area contributed by atoms with Crippen LogP contribution < -0.4 is 20.2 Å². The van der Waals surface area contributed by atoms with E-state index in [-0.39, 0.29) is 23.2 Å². The molecule has 0 radical (unpaired) electrons. The molecule has 0 aliphatic rings. The molecule has 148 valence electrons. The predicted molar refractivity (Wildman–Crippen MR) is 106 cm³/mol. The fourth-order valence-electron chi connectivity index (χ4n) is 2.37. The van der Waals surface area contributed by atoms with E-state index in [0.29, 0.717) is 23.2 Å². The number of carbonyl (C=O) groups is 2. The molecule has 0 fully saturated rings. The van der Waals surface area contributed by atoms with Gasteiger partial charge in [-0.25, -0.2) is 5.43 Å². The van der Waals surface area contributed by atoms with Crippen molar-refractivity contribution < 1.29 is 24.2 Å². The highest BCUT2D eigenvalue weighted by Crippen LogP contribution is 2.36. The van der Waals surface area contributed by atoms with Gasteiger partial charge in [0.15, 0.2) is 11.5 Å². The van der Waals surface area contributed by atoms with Gasteiger partial charge in [-0.1, -0.05) is 6.92 Å². The number of aromatic hydroxyl groups is 1. The highest BCUT2D eigenvalue weighted by Gasteiger charge is 2.10. The molecule has 0 heterocycles. The number of amides is 2. The summed E-state index contributed by atoms with van der Waals surface area (Å²) in [7, 11) is 2.84. The molecule has 0 unspecified atom stereocenters. The van der Waals surface area contributed by atoms with Crippen LogP contribution in [0.2, 0.25) is 0 Å². The molecule has 28 heavy (non-hydrogen) atoms. The molecule has 2 amide bonds. The summed E-state index contributed by atoms with van der Waals surface area (Å²) in [4.78, 5) is 23.7. The summed E-state index contributed by atoms with van der Waals surface area (Å²) in [6, 6.07) is 9.62. The number of benzene rings is 2. The zero-order valence-electron chi connectivity index (χ0n) is 16.0. The van der Waals surface area contributed by atoms with Crippen LogP contribution in [0.3, 0.4) is 0 Å².